The predicted molar refractivity (Wildman–Crippen MR) is 128 cm³/mol. The van der Waals surface area contributed by atoms with Gasteiger partial charge in [-0.15, -0.1) is 0 Å². The first-order chi connectivity index (χ1) is 15.0. The highest BCUT2D eigenvalue weighted by Gasteiger charge is 2.10. The van der Waals surface area contributed by atoms with Gasteiger partial charge in [0.2, 0.25) is 0 Å². The standard InChI is InChI=1S/C23H28N6OS/c1-4-29-21-13-19-18(12-20(21)27-23(29)31)22(26-15-25-19)24-14-16-7-5-8-17(11-16)30-10-6-9-28(2)3/h5,7-8,11-13,15H,4,6,9-10,14H2,1-3H3,(H,27,31)(H,24,25,26). The molecule has 2 aromatic carbocycles. The summed E-state index contributed by atoms with van der Waals surface area (Å²) in [7, 11) is 4.14. The van der Waals surface area contributed by atoms with Crippen molar-refractivity contribution in [3.05, 3.63) is 53.1 Å². The van der Waals surface area contributed by atoms with Crippen molar-refractivity contribution in [3.63, 3.8) is 0 Å². The van der Waals surface area contributed by atoms with Gasteiger partial charge in [-0.25, -0.2) is 9.97 Å². The number of aryl methyl sites for hydroxylation is 1. The SMILES string of the molecule is CCn1c(=S)[nH]c2cc3c(NCc4cccc(OCCCN(C)C)c4)ncnc3cc21. The number of imidazole rings is 1. The van der Waals surface area contributed by atoms with E-state index in [1.165, 1.54) is 0 Å². The van der Waals surface area contributed by atoms with Crippen LogP contribution in [0, 0.1) is 4.77 Å². The molecule has 0 amide bonds. The molecule has 4 aromatic rings. The Morgan fingerprint density at radius 2 is 2.06 bits per heavy atom. The first-order valence-corrected chi connectivity index (χ1v) is 10.9. The molecule has 7 nitrogen and oxygen atoms in total. The Bertz CT molecular complexity index is 1250. The molecule has 0 atom stereocenters. The van der Waals surface area contributed by atoms with Crippen LogP contribution in [0.15, 0.2) is 42.7 Å². The normalized spacial score (nSPS) is 11.5. The minimum atomic E-state index is 0.644. The summed E-state index contributed by atoms with van der Waals surface area (Å²) in [6.45, 7) is 5.27. The average molecular weight is 437 g/mol. The summed E-state index contributed by atoms with van der Waals surface area (Å²) in [6.07, 6.45) is 2.60. The van der Waals surface area contributed by atoms with E-state index in [1.807, 2.05) is 12.1 Å². The molecule has 2 aromatic heterocycles. The maximum absolute atomic E-state index is 5.90. The Hall–Kier alpha value is -2.97. The van der Waals surface area contributed by atoms with Crippen molar-refractivity contribution < 1.29 is 4.74 Å². The number of nitrogens with zero attached hydrogens (tertiary/aromatic N) is 4. The van der Waals surface area contributed by atoms with Crippen LogP contribution in [-0.2, 0) is 13.1 Å². The monoisotopic (exact) mass is 436 g/mol. The van der Waals surface area contributed by atoms with E-state index >= 15 is 0 Å². The van der Waals surface area contributed by atoms with Gasteiger partial charge in [-0.1, -0.05) is 12.1 Å². The molecule has 2 heterocycles. The van der Waals surface area contributed by atoms with Gasteiger partial charge in [0.25, 0.3) is 0 Å². The van der Waals surface area contributed by atoms with Gasteiger partial charge < -0.3 is 24.5 Å². The number of H-pyrrole nitrogens is 1. The fraction of sp³-hybridized carbons (Fsp3) is 0.348. The number of nitrogens with one attached hydrogen (secondary N) is 2. The van der Waals surface area contributed by atoms with Crippen LogP contribution < -0.4 is 10.1 Å². The molecule has 0 saturated carbocycles. The van der Waals surface area contributed by atoms with Crippen molar-refractivity contribution in [2.45, 2.75) is 26.4 Å². The highest BCUT2D eigenvalue weighted by Crippen LogP contribution is 2.26. The number of hydrogen-bond acceptors (Lipinski definition) is 6. The van der Waals surface area contributed by atoms with Crippen LogP contribution in [0.25, 0.3) is 21.9 Å². The lowest BCUT2D eigenvalue weighted by molar-refractivity contribution is 0.281. The zero-order chi connectivity index (χ0) is 21.8. The van der Waals surface area contributed by atoms with Crippen LogP contribution in [0.4, 0.5) is 5.82 Å². The van der Waals surface area contributed by atoms with Gasteiger partial charge in [0.1, 0.15) is 17.9 Å². The molecule has 0 saturated heterocycles. The zero-order valence-corrected chi connectivity index (χ0v) is 19.0. The molecule has 0 aliphatic heterocycles. The lowest BCUT2D eigenvalue weighted by atomic mass is 10.2. The van der Waals surface area contributed by atoms with Crippen molar-refractivity contribution in [1.82, 2.24) is 24.4 Å². The largest absolute Gasteiger partial charge is 0.494 e. The third-order valence-electron chi connectivity index (χ3n) is 5.22. The van der Waals surface area contributed by atoms with E-state index in [4.69, 9.17) is 17.0 Å². The summed E-state index contributed by atoms with van der Waals surface area (Å²) in [5.41, 5.74) is 4.07. The van der Waals surface area contributed by atoms with E-state index in [9.17, 15) is 0 Å². The number of aromatic amines is 1. The van der Waals surface area contributed by atoms with Gasteiger partial charge in [0, 0.05) is 25.0 Å². The molecule has 0 unspecified atom stereocenters. The van der Waals surface area contributed by atoms with E-state index in [0.717, 1.165) is 63.3 Å². The molecule has 0 fully saturated rings. The second-order valence-corrected chi connectivity index (χ2v) is 8.18. The lowest BCUT2D eigenvalue weighted by Gasteiger charge is -2.12. The molecule has 4 rings (SSSR count). The minimum Gasteiger partial charge on any atom is -0.494 e. The van der Waals surface area contributed by atoms with Crippen molar-refractivity contribution in [3.8, 4) is 5.75 Å². The second kappa shape index (κ2) is 9.45. The van der Waals surface area contributed by atoms with Crippen LogP contribution in [-0.4, -0.2) is 51.7 Å². The zero-order valence-electron chi connectivity index (χ0n) is 18.2. The maximum Gasteiger partial charge on any atom is 0.178 e. The minimum absolute atomic E-state index is 0.644. The van der Waals surface area contributed by atoms with Gasteiger partial charge in [-0.05, 0) is 69.5 Å². The number of benzene rings is 2. The number of anilines is 1. The van der Waals surface area contributed by atoms with E-state index in [-0.39, 0.29) is 0 Å². The van der Waals surface area contributed by atoms with Crippen LogP contribution in [0.3, 0.4) is 0 Å². The van der Waals surface area contributed by atoms with E-state index in [1.54, 1.807) is 6.33 Å². The average Bonchev–Trinajstić information content (AvgIpc) is 3.07. The summed E-state index contributed by atoms with van der Waals surface area (Å²) in [5.74, 6) is 1.69. The molecule has 0 aliphatic rings. The predicted octanol–water partition coefficient (Wildman–Crippen LogP) is 4.60. The Balaban J connectivity index is 1.51. The Kier molecular flexibility index (Phi) is 6.48. The molecule has 162 valence electrons. The Morgan fingerprint density at radius 1 is 1.19 bits per heavy atom. The maximum atomic E-state index is 5.90. The van der Waals surface area contributed by atoms with E-state index < -0.39 is 0 Å². The van der Waals surface area contributed by atoms with Crippen molar-refractivity contribution in [2.75, 3.05) is 32.6 Å². The van der Waals surface area contributed by atoms with Gasteiger partial charge in [0.15, 0.2) is 4.77 Å². The fourth-order valence-corrected chi connectivity index (χ4v) is 4.00. The van der Waals surface area contributed by atoms with Gasteiger partial charge in [-0.3, -0.25) is 0 Å². The van der Waals surface area contributed by atoms with Crippen LogP contribution in [0.5, 0.6) is 5.75 Å². The topological polar surface area (TPSA) is 71.0 Å². The fourth-order valence-electron chi connectivity index (χ4n) is 3.66. The lowest BCUT2D eigenvalue weighted by Crippen LogP contribution is -2.15. The van der Waals surface area contributed by atoms with Gasteiger partial charge in [-0.2, -0.15) is 0 Å². The summed E-state index contributed by atoms with van der Waals surface area (Å²) in [6, 6.07) is 12.3. The molecule has 0 aliphatic carbocycles. The van der Waals surface area contributed by atoms with Gasteiger partial charge in [0.05, 0.1) is 23.2 Å². The van der Waals surface area contributed by atoms with E-state index in [0.29, 0.717) is 13.2 Å². The molecule has 2 N–H and O–H groups in total. The van der Waals surface area contributed by atoms with Gasteiger partial charge >= 0.3 is 0 Å². The molecular formula is C23H28N6OS. The smallest absolute Gasteiger partial charge is 0.178 e. The first kappa shape index (κ1) is 21.3. The molecule has 8 heteroatoms. The molecule has 0 radical (unpaired) electrons. The third kappa shape index (κ3) is 4.86. The molecule has 31 heavy (non-hydrogen) atoms. The third-order valence-corrected chi connectivity index (χ3v) is 5.55. The number of ether oxygens (including phenoxy) is 1. The number of aromatic nitrogens is 4. The Morgan fingerprint density at radius 3 is 2.87 bits per heavy atom. The molecule has 0 bridgehead atoms. The summed E-state index contributed by atoms with van der Waals surface area (Å²) >= 11 is 5.44. The molecular weight excluding hydrogens is 408 g/mol. The molecule has 0 spiro atoms. The highest BCUT2D eigenvalue weighted by atomic mass is 32.1. The van der Waals surface area contributed by atoms with Crippen LogP contribution in [0.1, 0.15) is 18.9 Å². The highest BCUT2D eigenvalue weighted by molar-refractivity contribution is 7.71. The summed E-state index contributed by atoms with van der Waals surface area (Å²) in [5, 5.41) is 4.42. The van der Waals surface area contributed by atoms with Crippen LogP contribution in [0.2, 0.25) is 0 Å². The number of fused-ring (bicyclic) bond motifs is 2. The number of hydrogen-bond donors (Lipinski definition) is 2. The van der Waals surface area contributed by atoms with Crippen LogP contribution >= 0.6 is 12.2 Å². The second-order valence-electron chi connectivity index (χ2n) is 7.79. The summed E-state index contributed by atoms with van der Waals surface area (Å²) in [4.78, 5) is 14.4. The quantitative estimate of drug-likeness (QED) is 0.295. The first-order valence-electron chi connectivity index (χ1n) is 10.5. The van der Waals surface area contributed by atoms with E-state index in [2.05, 4.69) is 75.0 Å². The van der Waals surface area contributed by atoms with Crippen molar-refractivity contribution >= 4 is 40.0 Å². The number of rotatable bonds is 9. The van der Waals surface area contributed by atoms with Crippen molar-refractivity contribution in [1.29, 1.82) is 0 Å². The van der Waals surface area contributed by atoms with Crippen molar-refractivity contribution in [2.24, 2.45) is 0 Å². The Labute approximate surface area is 187 Å². The summed E-state index contributed by atoms with van der Waals surface area (Å²) < 4.78 is 8.69.